The highest BCUT2D eigenvalue weighted by Gasteiger charge is 2.84. The molecule has 3 N–H and O–H groups in total. The molecule has 0 aromatic carbocycles. The van der Waals surface area contributed by atoms with E-state index in [0.29, 0.717) is 0 Å². The van der Waals surface area contributed by atoms with Crippen molar-refractivity contribution in [1.82, 2.24) is 0 Å². The zero-order valence-electron chi connectivity index (χ0n) is 12.5. The van der Waals surface area contributed by atoms with Gasteiger partial charge in [0.15, 0.2) is 5.78 Å². The summed E-state index contributed by atoms with van der Waals surface area (Å²) in [5.41, 5.74) is -4.76. The third kappa shape index (κ3) is 1.16. The van der Waals surface area contributed by atoms with E-state index in [1.807, 2.05) is 0 Å². The summed E-state index contributed by atoms with van der Waals surface area (Å²) in [5.74, 6) is -6.47. The molecule has 4 aliphatic rings. The molecule has 2 aliphatic heterocycles. The van der Waals surface area contributed by atoms with E-state index in [1.165, 1.54) is 19.9 Å². The summed E-state index contributed by atoms with van der Waals surface area (Å²) >= 11 is 0. The van der Waals surface area contributed by atoms with Crippen molar-refractivity contribution in [3.8, 4) is 0 Å². The number of rotatable bonds is 1. The number of aliphatic carboxylic acids is 1. The lowest BCUT2D eigenvalue weighted by Crippen LogP contribution is -2.63. The molecule has 6 atom stereocenters. The molecule has 2 saturated heterocycles. The molecule has 0 radical (unpaired) electrons. The van der Waals surface area contributed by atoms with Gasteiger partial charge in [-0.05, 0) is 25.0 Å². The number of carboxylic acids is 1. The van der Waals surface area contributed by atoms with Gasteiger partial charge < -0.3 is 24.8 Å². The van der Waals surface area contributed by atoms with Crippen LogP contribution in [0.3, 0.4) is 0 Å². The van der Waals surface area contributed by atoms with Gasteiger partial charge >= 0.3 is 11.9 Å². The molecule has 1 saturated carbocycles. The number of carboxylic acid groups (broad SMARTS) is 1. The van der Waals surface area contributed by atoms with Crippen LogP contribution in [0.25, 0.3) is 0 Å². The summed E-state index contributed by atoms with van der Waals surface area (Å²) in [6, 6.07) is 0. The van der Waals surface area contributed by atoms with Gasteiger partial charge in [0.05, 0.1) is 10.8 Å². The van der Waals surface area contributed by atoms with E-state index < -0.39 is 46.2 Å². The Balaban J connectivity index is 2.06. The van der Waals surface area contributed by atoms with E-state index in [0.717, 1.165) is 0 Å². The molecule has 8 nitrogen and oxygen atoms in total. The van der Waals surface area contributed by atoms with Crippen LogP contribution in [0.5, 0.6) is 0 Å². The number of ketones is 1. The third-order valence-corrected chi connectivity index (χ3v) is 6.35. The highest BCUT2D eigenvalue weighted by atomic mass is 16.7. The van der Waals surface area contributed by atoms with Gasteiger partial charge in [0.25, 0.3) is 5.79 Å². The number of hydrogen-bond acceptors (Lipinski definition) is 7. The van der Waals surface area contributed by atoms with Crippen molar-refractivity contribution in [3.05, 3.63) is 11.6 Å². The van der Waals surface area contributed by atoms with Crippen LogP contribution < -0.4 is 0 Å². The fraction of sp³-hybridized carbons (Fsp3) is 0.667. The molecule has 2 bridgehead atoms. The standard InChI is InChI=1S/C15H16O8/c1-6-7(16)3-8-12(2)5-22-11(19)14(12,20)9-4-13(6,8)15(21,23-9)10(17)18/h3,6,9,20-21H,4-5H2,1-2H3,(H,17,18)/t6-,9+,12-,13+,14+,15?/m0/s1. The molecule has 1 spiro atoms. The molecule has 8 heteroatoms. The molecule has 1 unspecified atom stereocenters. The van der Waals surface area contributed by atoms with Crippen LogP contribution in [0.4, 0.5) is 0 Å². The first-order chi connectivity index (χ1) is 10.6. The molecule has 124 valence electrons. The number of cyclic esters (lactones) is 1. The Hall–Kier alpha value is -1.77. The monoisotopic (exact) mass is 324 g/mol. The number of carbonyl (C=O) groups excluding carboxylic acids is 2. The molecular weight excluding hydrogens is 308 g/mol. The lowest BCUT2D eigenvalue weighted by Gasteiger charge is -2.49. The second kappa shape index (κ2) is 3.66. The molecule has 4 rings (SSSR count). The number of aliphatic hydroxyl groups is 2. The predicted octanol–water partition coefficient (Wildman–Crippen LogP) is -1.01. The van der Waals surface area contributed by atoms with Gasteiger partial charge in [-0.3, -0.25) is 4.79 Å². The highest BCUT2D eigenvalue weighted by molar-refractivity contribution is 6.00. The normalized spacial score (nSPS) is 53.7. The Bertz CT molecular complexity index is 712. The maximum Gasteiger partial charge on any atom is 0.365 e. The molecule has 3 fully saturated rings. The van der Waals surface area contributed by atoms with Crippen molar-refractivity contribution in [2.75, 3.05) is 6.61 Å². The average molecular weight is 324 g/mol. The van der Waals surface area contributed by atoms with Crippen molar-refractivity contribution < 1.29 is 39.2 Å². The van der Waals surface area contributed by atoms with Crippen molar-refractivity contribution >= 4 is 17.7 Å². The van der Waals surface area contributed by atoms with Crippen molar-refractivity contribution in [3.63, 3.8) is 0 Å². The van der Waals surface area contributed by atoms with Crippen molar-refractivity contribution in [2.24, 2.45) is 16.7 Å². The number of fused-ring (bicyclic) bond motifs is 4. The van der Waals surface area contributed by atoms with Gasteiger partial charge in [-0.25, -0.2) is 9.59 Å². The van der Waals surface area contributed by atoms with Crippen molar-refractivity contribution in [2.45, 2.75) is 37.8 Å². The van der Waals surface area contributed by atoms with Crippen molar-refractivity contribution in [1.29, 1.82) is 0 Å². The number of allylic oxidation sites excluding steroid dienone is 1. The smallest absolute Gasteiger partial charge is 0.365 e. The molecule has 0 aromatic heterocycles. The largest absolute Gasteiger partial charge is 0.477 e. The summed E-state index contributed by atoms with van der Waals surface area (Å²) in [4.78, 5) is 36.2. The molecule has 0 aromatic rings. The topological polar surface area (TPSA) is 130 Å². The van der Waals surface area contributed by atoms with Crippen LogP contribution in [0.15, 0.2) is 11.6 Å². The highest BCUT2D eigenvalue weighted by Crippen LogP contribution is 2.71. The van der Waals surface area contributed by atoms with Gasteiger partial charge in [-0.15, -0.1) is 0 Å². The maximum absolute atomic E-state index is 12.3. The minimum absolute atomic E-state index is 0.143. The summed E-state index contributed by atoms with van der Waals surface area (Å²) in [6.07, 6.45) is -0.180. The second-order valence-corrected chi connectivity index (χ2v) is 7.09. The SMILES string of the molecule is C[C@H]1C(=O)C=C2[C@@]13C[C@@H](OC3(O)C(=O)O)[C@@]1(O)C(=O)OC[C@@]21C. The summed E-state index contributed by atoms with van der Waals surface area (Å²) in [5, 5.41) is 31.3. The Kier molecular flexibility index (Phi) is 2.35. The van der Waals surface area contributed by atoms with Crippen LogP contribution in [0.1, 0.15) is 20.3 Å². The van der Waals surface area contributed by atoms with E-state index in [2.05, 4.69) is 0 Å². The van der Waals surface area contributed by atoms with Gasteiger partial charge in [0.2, 0.25) is 5.60 Å². The summed E-state index contributed by atoms with van der Waals surface area (Å²) in [6.45, 7) is 2.86. The van der Waals surface area contributed by atoms with E-state index in [4.69, 9.17) is 9.47 Å². The van der Waals surface area contributed by atoms with Gasteiger partial charge in [0, 0.05) is 5.92 Å². The molecule has 2 aliphatic carbocycles. The van der Waals surface area contributed by atoms with Gasteiger partial charge in [-0.2, -0.15) is 0 Å². The van der Waals surface area contributed by atoms with E-state index in [1.54, 1.807) is 0 Å². The first-order valence-corrected chi connectivity index (χ1v) is 7.35. The lowest BCUT2D eigenvalue weighted by molar-refractivity contribution is -0.251. The fourth-order valence-corrected chi connectivity index (χ4v) is 4.97. The van der Waals surface area contributed by atoms with Gasteiger partial charge in [-0.1, -0.05) is 6.92 Å². The Labute approximate surface area is 130 Å². The summed E-state index contributed by atoms with van der Waals surface area (Å²) < 4.78 is 10.3. The third-order valence-electron chi connectivity index (χ3n) is 6.35. The zero-order chi connectivity index (χ0) is 17.0. The Morgan fingerprint density at radius 2 is 2.00 bits per heavy atom. The number of ether oxygens (including phenoxy) is 2. The quantitative estimate of drug-likeness (QED) is 0.523. The number of esters is 1. The number of carbonyl (C=O) groups is 3. The fourth-order valence-electron chi connectivity index (χ4n) is 4.97. The van der Waals surface area contributed by atoms with Crippen LogP contribution in [-0.2, 0) is 23.9 Å². The predicted molar refractivity (Wildman–Crippen MR) is 70.8 cm³/mol. The van der Waals surface area contributed by atoms with E-state index in [-0.39, 0.29) is 24.4 Å². The maximum atomic E-state index is 12.3. The molecular formula is C15H16O8. The zero-order valence-corrected chi connectivity index (χ0v) is 12.5. The van der Waals surface area contributed by atoms with Crippen LogP contribution in [0, 0.1) is 16.7 Å². The molecule has 2 heterocycles. The molecule has 0 amide bonds. The van der Waals surface area contributed by atoms with Crippen LogP contribution >= 0.6 is 0 Å². The van der Waals surface area contributed by atoms with Crippen LogP contribution in [0.2, 0.25) is 0 Å². The van der Waals surface area contributed by atoms with Gasteiger partial charge in [0.1, 0.15) is 12.7 Å². The number of hydrogen-bond donors (Lipinski definition) is 3. The van der Waals surface area contributed by atoms with E-state index >= 15 is 0 Å². The average Bonchev–Trinajstić information content (AvgIpc) is 3.02. The Morgan fingerprint density at radius 3 is 2.61 bits per heavy atom. The minimum Gasteiger partial charge on any atom is -0.477 e. The lowest BCUT2D eigenvalue weighted by atomic mass is 9.51. The first kappa shape index (κ1) is 14.8. The Morgan fingerprint density at radius 1 is 1.35 bits per heavy atom. The second-order valence-electron chi connectivity index (χ2n) is 7.09. The summed E-state index contributed by atoms with van der Waals surface area (Å²) in [7, 11) is 0. The van der Waals surface area contributed by atoms with Crippen LogP contribution in [-0.4, -0.2) is 57.1 Å². The molecule has 23 heavy (non-hydrogen) atoms. The van der Waals surface area contributed by atoms with E-state index in [9.17, 15) is 29.7 Å². The first-order valence-electron chi connectivity index (χ1n) is 7.35. The minimum atomic E-state index is -2.68.